The zero-order valence-corrected chi connectivity index (χ0v) is 11.2. The van der Waals surface area contributed by atoms with Gasteiger partial charge in [0.05, 0.1) is 11.6 Å². The van der Waals surface area contributed by atoms with Crippen molar-refractivity contribution in [3.8, 4) is 0 Å². The maximum atomic E-state index is 10.3. The van der Waals surface area contributed by atoms with Gasteiger partial charge >= 0.3 is 0 Å². The van der Waals surface area contributed by atoms with Gasteiger partial charge in [0.25, 0.3) is 0 Å². The van der Waals surface area contributed by atoms with Gasteiger partial charge in [-0.05, 0) is 37.5 Å². The largest absolute Gasteiger partial charge is 0.388 e. The van der Waals surface area contributed by atoms with E-state index in [9.17, 15) is 5.11 Å². The molecule has 0 bridgehead atoms. The molecule has 3 heteroatoms. The molecule has 1 heterocycles. The Morgan fingerprint density at radius 2 is 1.88 bits per heavy atom. The summed E-state index contributed by atoms with van der Waals surface area (Å²) in [6.07, 6.45) is 2.04. The highest BCUT2D eigenvalue weighted by molar-refractivity contribution is 7.09. The minimum absolute atomic E-state index is 0.434. The Balaban J connectivity index is 2.27. The minimum atomic E-state index is -0.434. The third-order valence-electron chi connectivity index (χ3n) is 2.95. The van der Waals surface area contributed by atoms with Crippen LogP contribution in [-0.2, 0) is 6.42 Å². The number of thiazole rings is 1. The van der Waals surface area contributed by atoms with E-state index in [1.54, 1.807) is 16.8 Å². The van der Waals surface area contributed by atoms with Crippen LogP contribution < -0.4 is 0 Å². The molecule has 2 nitrogen and oxygen atoms in total. The summed E-state index contributed by atoms with van der Waals surface area (Å²) in [7, 11) is 0. The van der Waals surface area contributed by atoms with Crippen LogP contribution >= 0.6 is 11.3 Å². The Kier molecular flexibility index (Phi) is 3.60. The predicted molar refractivity (Wildman–Crippen MR) is 71.4 cm³/mol. The lowest BCUT2D eigenvalue weighted by molar-refractivity contribution is 0.178. The molecule has 1 N–H and O–H groups in total. The second kappa shape index (κ2) is 4.98. The van der Waals surface area contributed by atoms with Crippen molar-refractivity contribution >= 4 is 11.3 Å². The molecule has 1 unspecified atom stereocenters. The lowest BCUT2D eigenvalue weighted by Gasteiger charge is -2.16. The van der Waals surface area contributed by atoms with Gasteiger partial charge in [-0.1, -0.05) is 17.7 Å². The third kappa shape index (κ3) is 2.73. The van der Waals surface area contributed by atoms with E-state index in [1.165, 1.54) is 16.7 Å². The van der Waals surface area contributed by atoms with Gasteiger partial charge in [0.1, 0.15) is 0 Å². The van der Waals surface area contributed by atoms with E-state index in [0.717, 1.165) is 10.4 Å². The van der Waals surface area contributed by atoms with E-state index < -0.39 is 6.10 Å². The molecule has 1 atom stereocenters. The molecule has 2 rings (SSSR count). The van der Waals surface area contributed by atoms with Crippen LogP contribution in [0.5, 0.6) is 0 Å². The highest BCUT2D eigenvalue weighted by Crippen LogP contribution is 2.27. The van der Waals surface area contributed by atoms with Crippen molar-refractivity contribution < 1.29 is 5.11 Å². The van der Waals surface area contributed by atoms with Crippen molar-refractivity contribution in [2.45, 2.75) is 33.3 Å². The van der Waals surface area contributed by atoms with Crippen molar-refractivity contribution in [3.05, 3.63) is 51.0 Å². The Labute approximate surface area is 106 Å². The van der Waals surface area contributed by atoms with Crippen LogP contribution in [0.4, 0.5) is 0 Å². The summed E-state index contributed by atoms with van der Waals surface area (Å²) in [5, 5.41) is 10.3. The standard InChI is InChI=1S/C14H17NOS/c1-9-4-10(2)14(11(3)5-9)13(16)6-12-7-15-8-17-12/h4-5,7-8,13,16H,6H2,1-3H3. The number of aryl methyl sites for hydroxylation is 3. The lowest BCUT2D eigenvalue weighted by Crippen LogP contribution is -2.05. The molecule has 90 valence electrons. The fourth-order valence-corrected chi connectivity index (χ4v) is 2.99. The zero-order chi connectivity index (χ0) is 12.4. The molecular weight excluding hydrogens is 230 g/mol. The van der Waals surface area contributed by atoms with Gasteiger partial charge in [0.2, 0.25) is 0 Å². The first-order chi connectivity index (χ1) is 8.08. The van der Waals surface area contributed by atoms with Gasteiger partial charge in [-0.15, -0.1) is 11.3 Å². The summed E-state index contributed by atoms with van der Waals surface area (Å²) in [6, 6.07) is 4.25. The maximum Gasteiger partial charge on any atom is 0.0843 e. The molecule has 0 saturated heterocycles. The summed E-state index contributed by atoms with van der Waals surface area (Å²) in [5.74, 6) is 0. The first kappa shape index (κ1) is 12.3. The van der Waals surface area contributed by atoms with E-state index in [1.807, 2.05) is 6.20 Å². The fourth-order valence-electron chi connectivity index (χ4n) is 2.35. The van der Waals surface area contributed by atoms with E-state index in [0.29, 0.717) is 6.42 Å². The van der Waals surface area contributed by atoms with Crippen LogP contribution in [0.25, 0.3) is 0 Å². The number of hydrogen-bond acceptors (Lipinski definition) is 3. The molecule has 0 aliphatic rings. The highest BCUT2D eigenvalue weighted by atomic mass is 32.1. The molecule has 2 aromatic rings. The molecule has 1 aromatic carbocycles. The Morgan fingerprint density at radius 3 is 2.41 bits per heavy atom. The van der Waals surface area contributed by atoms with Crippen LogP contribution in [0, 0.1) is 20.8 Å². The third-order valence-corrected chi connectivity index (χ3v) is 3.75. The van der Waals surface area contributed by atoms with Crippen LogP contribution in [0.3, 0.4) is 0 Å². The summed E-state index contributed by atoms with van der Waals surface area (Å²) in [5.41, 5.74) is 6.44. The number of aliphatic hydroxyl groups is 1. The molecule has 0 aliphatic heterocycles. The van der Waals surface area contributed by atoms with Gasteiger partial charge in [0, 0.05) is 17.5 Å². The summed E-state index contributed by atoms with van der Waals surface area (Å²) >= 11 is 1.59. The van der Waals surface area contributed by atoms with Crippen LogP contribution in [-0.4, -0.2) is 10.1 Å². The first-order valence-corrected chi connectivity index (χ1v) is 6.59. The number of rotatable bonds is 3. The fraction of sp³-hybridized carbons (Fsp3) is 0.357. The molecule has 0 saturated carbocycles. The average molecular weight is 247 g/mol. The number of benzene rings is 1. The quantitative estimate of drug-likeness (QED) is 0.902. The number of aliphatic hydroxyl groups excluding tert-OH is 1. The summed E-state index contributed by atoms with van der Waals surface area (Å²) in [6.45, 7) is 6.20. The van der Waals surface area contributed by atoms with E-state index >= 15 is 0 Å². The van der Waals surface area contributed by atoms with Crippen molar-refractivity contribution in [2.24, 2.45) is 0 Å². The SMILES string of the molecule is Cc1cc(C)c(C(O)Cc2cncs2)c(C)c1. The van der Waals surface area contributed by atoms with Gasteiger partial charge in [0.15, 0.2) is 0 Å². The predicted octanol–water partition coefficient (Wildman–Crippen LogP) is 3.34. The van der Waals surface area contributed by atoms with Crippen molar-refractivity contribution in [1.29, 1.82) is 0 Å². The number of nitrogens with zero attached hydrogens (tertiary/aromatic N) is 1. The molecule has 0 radical (unpaired) electrons. The molecule has 0 spiro atoms. The lowest BCUT2D eigenvalue weighted by atomic mass is 9.94. The Morgan fingerprint density at radius 1 is 1.24 bits per heavy atom. The van der Waals surface area contributed by atoms with E-state index in [4.69, 9.17) is 0 Å². The minimum Gasteiger partial charge on any atom is -0.388 e. The first-order valence-electron chi connectivity index (χ1n) is 5.71. The van der Waals surface area contributed by atoms with Crippen LogP contribution in [0.15, 0.2) is 23.8 Å². The molecule has 0 amide bonds. The monoisotopic (exact) mass is 247 g/mol. The van der Waals surface area contributed by atoms with Crippen molar-refractivity contribution in [3.63, 3.8) is 0 Å². The van der Waals surface area contributed by atoms with Crippen LogP contribution in [0.2, 0.25) is 0 Å². The van der Waals surface area contributed by atoms with Gasteiger partial charge in [-0.2, -0.15) is 0 Å². The molecule has 0 aliphatic carbocycles. The summed E-state index contributed by atoms with van der Waals surface area (Å²) in [4.78, 5) is 5.16. The number of hydrogen-bond donors (Lipinski definition) is 1. The van der Waals surface area contributed by atoms with E-state index in [2.05, 4.69) is 37.9 Å². The highest BCUT2D eigenvalue weighted by Gasteiger charge is 2.15. The smallest absolute Gasteiger partial charge is 0.0843 e. The summed E-state index contributed by atoms with van der Waals surface area (Å²) < 4.78 is 0. The topological polar surface area (TPSA) is 33.1 Å². The van der Waals surface area contributed by atoms with E-state index in [-0.39, 0.29) is 0 Å². The van der Waals surface area contributed by atoms with Gasteiger partial charge in [-0.25, -0.2) is 0 Å². The van der Waals surface area contributed by atoms with Gasteiger partial charge < -0.3 is 5.11 Å². The van der Waals surface area contributed by atoms with Crippen molar-refractivity contribution in [2.75, 3.05) is 0 Å². The van der Waals surface area contributed by atoms with Crippen molar-refractivity contribution in [1.82, 2.24) is 4.98 Å². The second-order valence-corrected chi connectivity index (χ2v) is 5.47. The maximum absolute atomic E-state index is 10.3. The Bertz CT molecular complexity index is 482. The molecule has 0 fully saturated rings. The zero-order valence-electron chi connectivity index (χ0n) is 10.4. The van der Waals surface area contributed by atoms with Gasteiger partial charge in [-0.3, -0.25) is 4.98 Å². The number of aromatic nitrogens is 1. The van der Waals surface area contributed by atoms with Crippen LogP contribution in [0.1, 0.15) is 33.2 Å². The Hall–Kier alpha value is -1.19. The average Bonchev–Trinajstić information content (AvgIpc) is 2.68. The molecular formula is C14H17NOS. The normalized spacial score (nSPS) is 12.7. The molecule has 17 heavy (non-hydrogen) atoms. The molecule has 1 aromatic heterocycles. The second-order valence-electron chi connectivity index (χ2n) is 4.50.